The highest BCUT2D eigenvalue weighted by Crippen LogP contribution is 2.40. The van der Waals surface area contributed by atoms with Gasteiger partial charge in [0.1, 0.15) is 5.52 Å². The third-order valence-corrected chi connectivity index (χ3v) is 4.33. The molecule has 1 aliphatic carbocycles. The van der Waals surface area contributed by atoms with Gasteiger partial charge >= 0.3 is 6.18 Å². The molecule has 23 heavy (non-hydrogen) atoms. The van der Waals surface area contributed by atoms with Crippen molar-refractivity contribution in [1.29, 1.82) is 0 Å². The molecule has 6 nitrogen and oxygen atoms in total. The van der Waals surface area contributed by atoms with Gasteiger partial charge in [-0.3, -0.25) is 0 Å². The molecule has 2 aromatic heterocycles. The zero-order valence-electron chi connectivity index (χ0n) is 12.2. The van der Waals surface area contributed by atoms with Crippen molar-refractivity contribution in [1.82, 2.24) is 19.9 Å². The molecule has 0 aromatic carbocycles. The van der Waals surface area contributed by atoms with Gasteiger partial charge in [-0.05, 0) is 31.6 Å². The highest BCUT2D eigenvalue weighted by Gasteiger charge is 2.38. The summed E-state index contributed by atoms with van der Waals surface area (Å²) in [5.41, 5.74) is -1.21. The van der Waals surface area contributed by atoms with Crippen molar-refractivity contribution < 1.29 is 17.9 Å². The van der Waals surface area contributed by atoms with Crippen LogP contribution in [0.15, 0.2) is 6.33 Å². The summed E-state index contributed by atoms with van der Waals surface area (Å²) in [7, 11) is 0. The normalized spacial score (nSPS) is 25.2. The Kier molecular flexibility index (Phi) is 3.40. The zero-order chi connectivity index (χ0) is 16.0. The largest absolute Gasteiger partial charge is 0.435 e. The van der Waals surface area contributed by atoms with Crippen LogP contribution in [0, 0.1) is 5.92 Å². The molecule has 3 heterocycles. The average molecular weight is 327 g/mol. The van der Waals surface area contributed by atoms with Crippen molar-refractivity contribution >= 4 is 17.1 Å². The Bertz CT molecular complexity index is 712. The van der Waals surface area contributed by atoms with Crippen molar-refractivity contribution in [2.24, 2.45) is 5.92 Å². The molecule has 0 unspecified atom stereocenters. The highest BCUT2D eigenvalue weighted by atomic mass is 19.4. The van der Waals surface area contributed by atoms with Crippen LogP contribution in [-0.4, -0.2) is 38.7 Å². The topological polar surface area (TPSA) is 75.7 Å². The van der Waals surface area contributed by atoms with E-state index in [1.807, 2.05) is 0 Å². The van der Waals surface area contributed by atoms with Crippen LogP contribution >= 0.6 is 0 Å². The van der Waals surface area contributed by atoms with E-state index in [1.165, 1.54) is 19.2 Å². The maximum Gasteiger partial charge on any atom is 0.435 e. The first-order valence-corrected chi connectivity index (χ1v) is 7.68. The van der Waals surface area contributed by atoms with E-state index in [0.717, 1.165) is 12.8 Å². The molecule has 0 spiro atoms. The van der Waals surface area contributed by atoms with Crippen LogP contribution in [0.4, 0.5) is 19.1 Å². The molecule has 1 saturated carbocycles. The minimum absolute atomic E-state index is 0.00183. The zero-order valence-corrected chi connectivity index (χ0v) is 12.2. The molecule has 0 bridgehead atoms. The second-order valence-corrected chi connectivity index (χ2v) is 6.09. The van der Waals surface area contributed by atoms with E-state index in [1.54, 1.807) is 0 Å². The Morgan fingerprint density at radius 2 is 2.04 bits per heavy atom. The second kappa shape index (κ2) is 5.33. The molecule has 9 heteroatoms. The van der Waals surface area contributed by atoms with E-state index >= 15 is 0 Å². The van der Waals surface area contributed by atoms with E-state index < -0.39 is 11.9 Å². The van der Waals surface area contributed by atoms with Crippen molar-refractivity contribution in [3.63, 3.8) is 0 Å². The van der Waals surface area contributed by atoms with Gasteiger partial charge < -0.3 is 15.0 Å². The third kappa shape index (κ3) is 2.97. The molecule has 0 amide bonds. The molecule has 4 rings (SSSR count). The second-order valence-electron chi connectivity index (χ2n) is 6.09. The summed E-state index contributed by atoms with van der Waals surface area (Å²) in [6.07, 6.45) is 1.28. The number of imidazole rings is 1. The van der Waals surface area contributed by atoms with Crippen LogP contribution in [0.5, 0.6) is 0 Å². The lowest BCUT2D eigenvalue weighted by Gasteiger charge is -2.14. The van der Waals surface area contributed by atoms with Gasteiger partial charge in [0.05, 0.1) is 18.5 Å². The van der Waals surface area contributed by atoms with E-state index in [0.29, 0.717) is 18.6 Å². The number of alkyl halides is 3. The van der Waals surface area contributed by atoms with Crippen molar-refractivity contribution in [2.75, 3.05) is 11.9 Å². The Morgan fingerprint density at radius 3 is 2.78 bits per heavy atom. The number of rotatable bonds is 4. The third-order valence-electron chi connectivity index (χ3n) is 4.33. The minimum Gasteiger partial charge on any atom is -0.373 e. The number of aromatic nitrogens is 4. The fourth-order valence-corrected chi connectivity index (χ4v) is 3.02. The summed E-state index contributed by atoms with van der Waals surface area (Å²) in [5.74, 6) is 0.601. The van der Waals surface area contributed by atoms with Gasteiger partial charge in [0, 0.05) is 6.54 Å². The van der Waals surface area contributed by atoms with Gasteiger partial charge in [0.15, 0.2) is 11.3 Å². The maximum absolute atomic E-state index is 13.1. The summed E-state index contributed by atoms with van der Waals surface area (Å²) in [6, 6.07) is 0. The van der Waals surface area contributed by atoms with Crippen molar-refractivity contribution in [3.05, 3.63) is 12.0 Å². The fourth-order valence-electron chi connectivity index (χ4n) is 3.02. The standard InChI is InChI=1S/C14H16F3N5O/c15-14(16,17)11-10-12(20-6-19-10)22-13(21-11)18-5-8-3-4-9(23-8)7-1-2-7/h6-9H,1-5H2,(H2,18,19,20,21,22)/t8-,9+/m0/s1. The van der Waals surface area contributed by atoms with Gasteiger partial charge in [-0.15, -0.1) is 0 Å². The van der Waals surface area contributed by atoms with Gasteiger partial charge in [-0.1, -0.05) is 0 Å². The van der Waals surface area contributed by atoms with Crippen molar-refractivity contribution in [2.45, 2.75) is 44.1 Å². The van der Waals surface area contributed by atoms with E-state index in [-0.39, 0.29) is 23.2 Å². The number of fused-ring (bicyclic) bond motifs is 1. The van der Waals surface area contributed by atoms with Crippen LogP contribution < -0.4 is 5.32 Å². The molecule has 2 atom stereocenters. The van der Waals surface area contributed by atoms with Gasteiger partial charge in [0.2, 0.25) is 5.95 Å². The first kappa shape index (κ1) is 14.7. The van der Waals surface area contributed by atoms with Crippen LogP contribution in [0.3, 0.4) is 0 Å². The van der Waals surface area contributed by atoms with E-state index in [4.69, 9.17) is 4.74 Å². The first-order chi connectivity index (χ1) is 11.0. The molecule has 2 aliphatic rings. The lowest BCUT2D eigenvalue weighted by Crippen LogP contribution is -2.22. The van der Waals surface area contributed by atoms with Gasteiger partial charge in [-0.2, -0.15) is 18.2 Å². The Balaban J connectivity index is 1.48. The molecule has 1 saturated heterocycles. The molecule has 124 valence electrons. The predicted octanol–water partition coefficient (Wildman–Crippen LogP) is 2.74. The van der Waals surface area contributed by atoms with E-state index in [2.05, 4.69) is 25.3 Å². The molecular formula is C14H16F3N5O. The Morgan fingerprint density at radius 1 is 1.22 bits per heavy atom. The molecule has 1 aliphatic heterocycles. The Labute approximate surface area is 129 Å². The van der Waals surface area contributed by atoms with Gasteiger partial charge in [-0.25, -0.2) is 9.97 Å². The molecule has 2 fully saturated rings. The number of anilines is 1. The smallest absolute Gasteiger partial charge is 0.373 e. The molecule has 2 aromatic rings. The molecule has 2 N–H and O–H groups in total. The molecule has 0 radical (unpaired) electrons. The number of nitrogens with zero attached hydrogens (tertiary/aromatic N) is 3. The summed E-state index contributed by atoms with van der Waals surface area (Å²) in [6.45, 7) is 0.399. The maximum atomic E-state index is 13.1. The number of nitrogens with one attached hydrogen (secondary N) is 2. The quantitative estimate of drug-likeness (QED) is 0.903. The first-order valence-electron chi connectivity index (χ1n) is 7.68. The lowest BCUT2D eigenvalue weighted by molar-refractivity contribution is -0.139. The number of halogens is 3. The summed E-state index contributed by atoms with van der Waals surface area (Å²) in [5, 5.41) is 2.86. The fraction of sp³-hybridized carbons (Fsp3) is 0.643. The van der Waals surface area contributed by atoms with Crippen LogP contribution in [0.2, 0.25) is 0 Å². The number of aromatic amines is 1. The number of H-pyrrole nitrogens is 1. The van der Waals surface area contributed by atoms with Crippen LogP contribution in [0.25, 0.3) is 11.2 Å². The van der Waals surface area contributed by atoms with E-state index in [9.17, 15) is 13.2 Å². The van der Waals surface area contributed by atoms with Crippen LogP contribution in [-0.2, 0) is 10.9 Å². The predicted molar refractivity (Wildman–Crippen MR) is 75.8 cm³/mol. The number of hydrogen-bond donors (Lipinski definition) is 2. The summed E-state index contributed by atoms with van der Waals surface area (Å²) in [4.78, 5) is 13.8. The SMILES string of the molecule is FC(F)(F)c1nc(NC[C@@H]2CC[C@H](C3CC3)O2)nc2nc[nH]c12. The Hall–Kier alpha value is -1.90. The summed E-state index contributed by atoms with van der Waals surface area (Å²) >= 11 is 0. The number of hydrogen-bond acceptors (Lipinski definition) is 5. The van der Waals surface area contributed by atoms with Crippen LogP contribution in [0.1, 0.15) is 31.4 Å². The van der Waals surface area contributed by atoms with Gasteiger partial charge in [0.25, 0.3) is 0 Å². The lowest BCUT2D eigenvalue weighted by atomic mass is 10.1. The summed E-state index contributed by atoms with van der Waals surface area (Å²) < 4.78 is 45.1. The highest BCUT2D eigenvalue weighted by molar-refractivity contribution is 5.74. The minimum atomic E-state index is -4.56. The molecular weight excluding hydrogens is 311 g/mol. The average Bonchev–Trinajstić information content (AvgIpc) is 3.06. The number of ether oxygens (including phenoxy) is 1. The monoisotopic (exact) mass is 327 g/mol. The van der Waals surface area contributed by atoms with Crippen molar-refractivity contribution in [3.8, 4) is 0 Å².